The molecule has 0 aliphatic heterocycles. The van der Waals surface area contributed by atoms with Crippen molar-refractivity contribution in [3.8, 4) is 0 Å². The summed E-state index contributed by atoms with van der Waals surface area (Å²) in [6, 6.07) is 4.87. The van der Waals surface area contributed by atoms with Gasteiger partial charge in [0.15, 0.2) is 0 Å². The summed E-state index contributed by atoms with van der Waals surface area (Å²) >= 11 is 9.02. The average Bonchev–Trinajstić information content (AvgIpc) is 2.21. The molecule has 0 bridgehead atoms. The molecule has 0 atom stereocenters. The SMILES string of the molecule is O=C(O)C=CC(=O)Nc1ccc(Br)c(Cl)c1. The van der Waals surface area contributed by atoms with Crippen LogP contribution >= 0.6 is 27.5 Å². The Kier molecular flexibility index (Phi) is 4.52. The van der Waals surface area contributed by atoms with Crippen molar-refractivity contribution in [3.63, 3.8) is 0 Å². The molecule has 1 rings (SSSR count). The highest BCUT2D eigenvalue weighted by molar-refractivity contribution is 9.10. The Bertz CT molecular complexity index is 459. The van der Waals surface area contributed by atoms with Crippen molar-refractivity contribution in [2.75, 3.05) is 5.32 Å². The van der Waals surface area contributed by atoms with Crippen LogP contribution in [0.1, 0.15) is 0 Å². The van der Waals surface area contributed by atoms with Gasteiger partial charge in [-0.2, -0.15) is 0 Å². The average molecular weight is 305 g/mol. The van der Waals surface area contributed by atoms with E-state index in [4.69, 9.17) is 16.7 Å². The lowest BCUT2D eigenvalue weighted by atomic mass is 10.3. The van der Waals surface area contributed by atoms with Gasteiger partial charge in [0.05, 0.1) is 5.02 Å². The molecule has 0 spiro atoms. The van der Waals surface area contributed by atoms with Crippen LogP contribution in [-0.2, 0) is 9.59 Å². The normalized spacial score (nSPS) is 10.4. The number of carboxylic acid groups (broad SMARTS) is 1. The summed E-state index contributed by atoms with van der Waals surface area (Å²) in [5, 5.41) is 11.2. The molecule has 0 saturated heterocycles. The minimum atomic E-state index is -1.18. The Morgan fingerprint density at radius 1 is 1.38 bits per heavy atom. The predicted molar refractivity (Wildman–Crippen MR) is 64.6 cm³/mol. The minimum absolute atomic E-state index is 0.458. The first-order valence-corrected chi connectivity index (χ1v) is 5.33. The molecule has 1 aromatic carbocycles. The van der Waals surface area contributed by atoms with Crippen LogP contribution in [0.3, 0.4) is 0 Å². The summed E-state index contributed by atoms with van der Waals surface area (Å²) in [5.41, 5.74) is 0.494. The number of hydrogen-bond donors (Lipinski definition) is 2. The molecule has 0 saturated carbocycles. The fraction of sp³-hybridized carbons (Fsp3) is 0. The van der Waals surface area contributed by atoms with Crippen LogP contribution in [0.4, 0.5) is 5.69 Å². The fourth-order valence-corrected chi connectivity index (χ4v) is 1.33. The second kappa shape index (κ2) is 5.67. The Morgan fingerprint density at radius 2 is 2.06 bits per heavy atom. The van der Waals surface area contributed by atoms with Gasteiger partial charge in [0.2, 0.25) is 5.91 Å². The first-order valence-electron chi connectivity index (χ1n) is 4.16. The Labute approximate surface area is 105 Å². The first-order chi connectivity index (χ1) is 7.49. The third kappa shape index (κ3) is 4.04. The Morgan fingerprint density at radius 3 is 2.62 bits per heavy atom. The Hall–Kier alpha value is -1.33. The molecule has 1 aromatic rings. The van der Waals surface area contributed by atoms with Crippen molar-refractivity contribution in [3.05, 3.63) is 39.8 Å². The molecule has 1 amide bonds. The lowest BCUT2D eigenvalue weighted by molar-refractivity contribution is -0.131. The van der Waals surface area contributed by atoms with Crippen molar-refractivity contribution in [1.29, 1.82) is 0 Å². The summed E-state index contributed by atoms with van der Waals surface area (Å²) in [6.45, 7) is 0. The van der Waals surface area contributed by atoms with Gasteiger partial charge in [-0.25, -0.2) is 4.79 Å². The largest absolute Gasteiger partial charge is 0.478 e. The molecular weight excluding hydrogens is 297 g/mol. The van der Waals surface area contributed by atoms with Crippen LogP contribution < -0.4 is 5.32 Å². The van der Waals surface area contributed by atoms with Crippen molar-refractivity contribution in [2.24, 2.45) is 0 Å². The molecule has 0 aliphatic carbocycles. The third-order valence-corrected chi connectivity index (χ3v) is 2.80. The van der Waals surface area contributed by atoms with Crippen LogP contribution in [-0.4, -0.2) is 17.0 Å². The number of benzene rings is 1. The molecule has 0 heterocycles. The van der Waals surface area contributed by atoms with E-state index in [-0.39, 0.29) is 0 Å². The summed E-state index contributed by atoms with van der Waals surface area (Å²) in [4.78, 5) is 21.4. The topological polar surface area (TPSA) is 66.4 Å². The van der Waals surface area contributed by atoms with Crippen LogP contribution in [0.15, 0.2) is 34.8 Å². The number of halogens is 2. The number of hydrogen-bond acceptors (Lipinski definition) is 2. The summed E-state index contributed by atoms with van der Waals surface area (Å²) in [5.74, 6) is -1.70. The predicted octanol–water partition coefficient (Wildman–Crippen LogP) is 2.68. The maximum Gasteiger partial charge on any atom is 0.328 e. The van der Waals surface area contributed by atoms with Gasteiger partial charge in [-0.05, 0) is 34.1 Å². The number of nitrogens with one attached hydrogen (secondary N) is 1. The van der Waals surface area contributed by atoms with Crippen LogP contribution in [0.2, 0.25) is 5.02 Å². The molecule has 2 N–H and O–H groups in total. The van der Waals surface area contributed by atoms with Crippen molar-refractivity contribution < 1.29 is 14.7 Å². The van der Waals surface area contributed by atoms with E-state index in [2.05, 4.69) is 21.2 Å². The highest BCUT2D eigenvalue weighted by Gasteiger charge is 2.01. The summed E-state index contributed by atoms with van der Waals surface area (Å²) in [6.07, 6.45) is 1.69. The van der Waals surface area contributed by atoms with E-state index in [1.807, 2.05) is 0 Å². The maximum absolute atomic E-state index is 11.2. The lowest BCUT2D eigenvalue weighted by Gasteiger charge is -2.03. The van der Waals surface area contributed by atoms with Gasteiger partial charge in [0.1, 0.15) is 0 Å². The molecule has 84 valence electrons. The lowest BCUT2D eigenvalue weighted by Crippen LogP contribution is -2.08. The molecular formula is C10H7BrClNO3. The molecule has 0 aromatic heterocycles. The second-order valence-corrected chi connectivity index (χ2v) is 4.05. The Balaban J connectivity index is 2.70. The second-order valence-electron chi connectivity index (χ2n) is 2.79. The van der Waals surface area contributed by atoms with E-state index in [0.717, 1.165) is 12.2 Å². The van der Waals surface area contributed by atoms with Gasteiger partial charge < -0.3 is 10.4 Å². The van der Waals surface area contributed by atoms with Gasteiger partial charge in [-0.15, -0.1) is 0 Å². The van der Waals surface area contributed by atoms with E-state index < -0.39 is 11.9 Å². The quantitative estimate of drug-likeness (QED) is 0.844. The van der Waals surface area contributed by atoms with Crippen molar-refractivity contribution >= 4 is 45.1 Å². The number of aliphatic carboxylic acids is 1. The molecule has 0 radical (unpaired) electrons. The minimum Gasteiger partial charge on any atom is -0.478 e. The third-order valence-electron chi connectivity index (χ3n) is 1.56. The highest BCUT2D eigenvalue weighted by atomic mass is 79.9. The van der Waals surface area contributed by atoms with Crippen LogP contribution in [0, 0.1) is 0 Å². The highest BCUT2D eigenvalue weighted by Crippen LogP contribution is 2.25. The summed E-state index contributed by atoms with van der Waals surface area (Å²) < 4.78 is 0.716. The molecule has 16 heavy (non-hydrogen) atoms. The summed E-state index contributed by atoms with van der Waals surface area (Å²) in [7, 11) is 0. The van der Waals surface area contributed by atoms with Gasteiger partial charge in [-0.1, -0.05) is 11.6 Å². The number of amides is 1. The van der Waals surface area contributed by atoms with Crippen molar-refractivity contribution in [1.82, 2.24) is 0 Å². The molecule has 4 nitrogen and oxygen atoms in total. The van der Waals surface area contributed by atoms with Crippen LogP contribution in [0.25, 0.3) is 0 Å². The monoisotopic (exact) mass is 303 g/mol. The number of carbonyl (C=O) groups is 2. The molecule has 6 heteroatoms. The number of carboxylic acids is 1. The van der Waals surface area contributed by atoms with E-state index >= 15 is 0 Å². The molecule has 0 fully saturated rings. The zero-order valence-corrected chi connectivity index (χ0v) is 10.2. The standard InChI is InChI=1S/C10H7BrClNO3/c11-7-2-1-6(5-8(7)12)13-9(14)3-4-10(15)16/h1-5H,(H,13,14)(H,15,16). The zero-order chi connectivity index (χ0) is 12.1. The molecule has 0 aliphatic rings. The van der Waals surface area contributed by atoms with E-state index in [1.54, 1.807) is 18.2 Å². The van der Waals surface area contributed by atoms with Gasteiger partial charge in [-0.3, -0.25) is 4.79 Å². The maximum atomic E-state index is 11.2. The van der Waals surface area contributed by atoms with Gasteiger partial charge in [0, 0.05) is 22.3 Å². The van der Waals surface area contributed by atoms with E-state index in [9.17, 15) is 9.59 Å². The van der Waals surface area contributed by atoms with E-state index in [0.29, 0.717) is 15.2 Å². The molecule has 0 unspecified atom stereocenters. The first kappa shape index (κ1) is 12.7. The number of carbonyl (C=O) groups excluding carboxylic acids is 1. The van der Waals surface area contributed by atoms with Gasteiger partial charge >= 0.3 is 5.97 Å². The van der Waals surface area contributed by atoms with Gasteiger partial charge in [0.25, 0.3) is 0 Å². The number of anilines is 1. The zero-order valence-electron chi connectivity index (χ0n) is 7.91. The fourth-order valence-electron chi connectivity index (χ4n) is 0.905. The number of rotatable bonds is 3. The van der Waals surface area contributed by atoms with Crippen molar-refractivity contribution in [2.45, 2.75) is 0 Å². The smallest absolute Gasteiger partial charge is 0.328 e. The van der Waals surface area contributed by atoms with Crippen LogP contribution in [0.5, 0.6) is 0 Å². The van der Waals surface area contributed by atoms with E-state index in [1.165, 1.54) is 0 Å².